The van der Waals surface area contributed by atoms with E-state index in [2.05, 4.69) is 34.6 Å². The molecule has 0 radical (unpaired) electrons. The third-order valence-corrected chi connectivity index (χ3v) is 2.91. The molecule has 0 bridgehead atoms. The van der Waals surface area contributed by atoms with Crippen molar-refractivity contribution in [2.45, 2.75) is 13.2 Å². The highest BCUT2D eigenvalue weighted by atomic mass is 35.5. The molecule has 18 heavy (non-hydrogen) atoms. The average molecular weight is 263 g/mol. The summed E-state index contributed by atoms with van der Waals surface area (Å²) < 4.78 is 5.07. The van der Waals surface area contributed by atoms with E-state index in [0.29, 0.717) is 11.6 Å². The number of benzene rings is 1. The van der Waals surface area contributed by atoms with E-state index in [-0.39, 0.29) is 0 Å². The number of ether oxygens (including phenoxy) is 1. The maximum absolute atomic E-state index is 6.04. The minimum atomic E-state index is 0.641. The van der Waals surface area contributed by atoms with E-state index in [1.165, 1.54) is 11.1 Å². The number of nitrogens with zero attached hydrogens (tertiary/aromatic N) is 1. The van der Waals surface area contributed by atoms with Gasteiger partial charge in [0, 0.05) is 19.9 Å². The predicted octanol–water partition coefficient (Wildman–Crippen LogP) is 3.49. The van der Waals surface area contributed by atoms with Gasteiger partial charge in [0.1, 0.15) is 0 Å². The first kappa shape index (κ1) is 12.9. The van der Waals surface area contributed by atoms with E-state index in [9.17, 15) is 0 Å². The van der Waals surface area contributed by atoms with E-state index in [4.69, 9.17) is 16.3 Å². The maximum atomic E-state index is 6.04. The Bertz CT molecular complexity index is 499. The number of pyridine rings is 1. The fraction of sp³-hybridized carbons (Fsp3) is 0.214. The maximum Gasteiger partial charge on any atom is 0.0718 e. The molecule has 0 aliphatic carbocycles. The van der Waals surface area contributed by atoms with Gasteiger partial charge in [-0.3, -0.25) is 4.98 Å². The number of hydrogen-bond donors (Lipinski definition) is 1. The first-order valence-electron chi connectivity index (χ1n) is 5.70. The average Bonchev–Trinajstić information content (AvgIpc) is 2.40. The van der Waals surface area contributed by atoms with Crippen LogP contribution in [0.2, 0.25) is 5.02 Å². The molecule has 0 fully saturated rings. The van der Waals surface area contributed by atoms with E-state index in [1.54, 1.807) is 25.6 Å². The molecule has 0 aliphatic rings. The van der Waals surface area contributed by atoms with Crippen LogP contribution in [0.1, 0.15) is 11.1 Å². The van der Waals surface area contributed by atoms with Gasteiger partial charge in [0.25, 0.3) is 0 Å². The van der Waals surface area contributed by atoms with Gasteiger partial charge in [0.2, 0.25) is 0 Å². The highest BCUT2D eigenvalue weighted by molar-refractivity contribution is 6.33. The molecule has 1 heterocycles. The molecule has 2 rings (SSSR count). The Labute approximate surface area is 112 Å². The number of rotatable bonds is 5. The second-order valence-corrected chi connectivity index (χ2v) is 4.37. The van der Waals surface area contributed by atoms with Crippen molar-refractivity contribution in [1.29, 1.82) is 0 Å². The summed E-state index contributed by atoms with van der Waals surface area (Å²) in [5.74, 6) is 0. The van der Waals surface area contributed by atoms with Gasteiger partial charge >= 0.3 is 0 Å². The molecule has 0 atom stereocenters. The molecule has 4 heteroatoms. The summed E-state index contributed by atoms with van der Waals surface area (Å²) in [7, 11) is 1.69. The van der Waals surface area contributed by atoms with Crippen LogP contribution in [0.15, 0.2) is 42.7 Å². The molecule has 0 aliphatic heterocycles. The standard InChI is InChI=1S/C14H15ClN2O/c1-18-10-12-4-2-11(3-5-12)8-17-14-9-16-7-6-13(14)15/h2-7,9,17H,8,10H2,1H3. The second-order valence-electron chi connectivity index (χ2n) is 3.96. The smallest absolute Gasteiger partial charge is 0.0718 e. The second kappa shape index (κ2) is 6.38. The summed E-state index contributed by atoms with van der Waals surface area (Å²) >= 11 is 6.04. The zero-order chi connectivity index (χ0) is 12.8. The van der Waals surface area contributed by atoms with Crippen LogP contribution in [0.25, 0.3) is 0 Å². The summed E-state index contributed by atoms with van der Waals surface area (Å²) in [6.07, 6.45) is 3.40. The monoisotopic (exact) mass is 262 g/mol. The zero-order valence-corrected chi connectivity index (χ0v) is 10.9. The van der Waals surface area contributed by atoms with E-state index in [1.807, 2.05) is 0 Å². The molecule has 94 valence electrons. The zero-order valence-electron chi connectivity index (χ0n) is 10.2. The number of aromatic nitrogens is 1. The molecule has 1 aromatic carbocycles. The molecular weight excluding hydrogens is 248 g/mol. The molecule has 1 N–H and O–H groups in total. The van der Waals surface area contributed by atoms with Crippen LogP contribution in [0.3, 0.4) is 0 Å². The molecule has 0 unspecified atom stereocenters. The number of halogens is 1. The topological polar surface area (TPSA) is 34.1 Å². The molecule has 0 saturated heterocycles. The summed E-state index contributed by atoms with van der Waals surface area (Å²) in [4.78, 5) is 4.03. The molecule has 0 saturated carbocycles. The van der Waals surface area contributed by atoms with Crippen LogP contribution in [-0.4, -0.2) is 12.1 Å². The molecular formula is C14H15ClN2O. The Balaban J connectivity index is 1.96. The quantitative estimate of drug-likeness (QED) is 0.896. The molecule has 0 amide bonds. The third kappa shape index (κ3) is 3.45. The normalized spacial score (nSPS) is 10.3. The van der Waals surface area contributed by atoms with Crippen LogP contribution in [0.5, 0.6) is 0 Å². The van der Waals surface area contributed by atoms with E-state index >= 15 is 0 Å². The summed E-state index contributed by atoms with van der Waals surface area (Å²) in [5.41, 5.74) is 3.20. The Morgan fingerprint density at radius 3 is 2.56 bits per heavy atom. The van der Waals surface area contributed by atoms with Gasteiger partial charge in [0.15, 0.2) is 0 Å². The minimum Gasteiger partial charge on any atom is -0.380 e. The van der Waals surface area contributed by atoms with Gasteiger partial charge in [-0.2, -0.15) is 0 Å². The van der Waals surface area contributed by atoms with Crippen LogP contribution in [0, 0.1) is 0 Å². The van der Waals surface area contributed by atoms with E-state index in [0.717, 1.165) is 12.2 Å². The Kier molecular flexibility index (Phi) is 4.56. The van der Waals surface area contributed by atoms with Gasteiger partial charge in [-0.1, -0.05) is 35.9 Å². The highest BCUT2D eigenvalue weighted by Crippen LogP contribution is 2.19. The summed E-state index contributed by atoms with van der Waals surface area (Å²) in [6, 6.07) is 10.0. The Morgan fingerprint density at radius 2 is 1.89 bits per heavy atom. The van der Waals surface area contributed by atoms with Crippen molar-refractivity contribution in [2.75, 3.05) is 12.4 Å². The van der Waals surface area contributed by atoms with Crippen LogP contribution in [-0.2, 0) is 17.9 Å². The van der Waals surface area contributed by atoms with Crippen molar-refractivity contribution in [2.24, 2.45) is 0 Å². The largest absolute Gasteiger partial charge is 0.380 e. The van der Waals surface area contributed by atoms with Gasteiger partial charge in [-0.05, 0) is 17.2 Å². The SMILES string of the molecule is COCc1ccc(CNc2cnccc2Cl)cc1. The lowest BCUT2D eigenvalue weighted by atomic mass is 10.1. The van der Waals surface area contributed by atoms with Gasteiger partial charge < -0.3 is 10.1 Å². The summed E-state index contributed by atoms with van der Waals surface area (Å²) in [5, 5.41) is 3.94. The fourth-order valence-electron chi connectivity index (χ4n) is 1.62. The molecule has 0 spiro atoms. The van der Waals surface area contributed by atoms with Crippen LogP contribution >= 0.6 is 11.6 Å². The predicted molar refractivity (Wildman–Crippen MR) is 73.7 cm³/mol. The van der Waals surface area contributed by atoms with Crippen molar-refractivity contribution >= 4 is 17.3 Å². The van der Waals surface area contributed by atoms with Gasteiger partial charge in [-0.15, -0.1) is 0 Å². The number of methoxy groups -OCH3 is 1. The number of nitrogens with one attached hydrogen (secondary N) is 1. The van der Waals surface area contributed by atoms with Crippen molar-refractivity contribution in [3.8, 4) is 0 Å². The summed E-state index contributed by atoms with van der Waals surface area (Å²) in [6.45, 7) is 1.36. The number of anilines is 1. The third-order valence-electron chi connectivity index (χ3n) is 2.58. The lowest BCUT2D eigenvalue weighted by Gasteiger charge is -2.08. The van der Waals surface area contributed by atoms with E-state index < -0.39 is 0 Å². The first-order chi connectivity index (χ1) is 8.79. The van der Waals surface area contributed by atoms with Gasteiger partial charge in [-0.25, -0.2) is 0 Å². The van der Waals surface area contributed by atoms with Crippen LogP contribution < -0.4 is 5.32 Å². The number of hydrogen-bond acceptors (Lipinski definition) is 3. The molecule has 2 aromatic rings. The van der Waals surface area contributed by atoms with Crippen molar-refractivity contribution < 1.29 is 4.74 Å². The van der Waals surface area contributed by atoms with Gasteiger partial charge in [0.05, 0.1) is 23.5 Å². The molecule has 3 nitrogen and oxygen atoms in total. The highest BCUT2D eigenvalue weighted by Gasteiger charge is 1.99. The van der Waals surface area contributed by atoms with Crippen molar-refractivity contribution in [1.82, 2.24) is 4.98 Å². The minimum absolute atomic E-state index is 0.641. The van der Waals surface area contributed by atoms with Crippen LogP contribution in [0.4, 0.5) is 5.69 Å². The van der Waals surface area contributed by atoms with Crippen molar-refractivity contribution in [3.63, 3.8) is 0 Å². The van der Waals surface area contributed by atoms with Crippen molar-refractivity contribution in [3.05, 3.63) is 58.9 Å². The lowest BCUT2D eigenvalue weighted by Crippen LogP contribution is -2.00. The molecule has 1 aromatic heterocycles. The Hall–Kier alpha value is -1.58. The first-order valence-corrected chi connectivity index (χ1v) is 6.07. The fourth-order valence-corrected chi connectivity index (χ4v) is 1.80. The Morgan fingerprint density at radius 1 is 1.17 bits per heavy atom. The lowest BCUT2D eigenvalue weighted by molar-refractivity contribution is 0.185.